The molecule has 3 aromatic carbocycles. The lowest BCUT2D eigenvalue weighted by Crippen LogP contribution is -2.15. The van der Waals surface area contributed by atoms with Crippen LogP contribution in [0.2, 0.25) is 0 Å². The van der Waals surface area contributed by atoms with Gasteiger partial charge in [0.25, 0.3) is 5.91 Å². The molecular formula is C21H14F4N4O. The molecule has 0 bridgehead atoms. The fraction of sp³-hybridized carbons (Fsp3) is 0.0476. The van der Waals surface area contributed by atoms with Crippen molar-refractivity contribution in [3.8, 4) is 5.69 Å². The summed E-state index contributed by atoms with van der Waals surface area (Å²) in [6.07, 6.45) is -4.69. The zero-order chi connectivity index (χ0) is 21.5. The third-order valence-electron chi connectivity index (χ3n) is 4.43. The first kappa shape index (κ1) is 19.4. The van der Waals surface area contributed by atoms with E-state index in [4.69, 9.17) is 5.73 Å². The molecule has 0 radical (unpaired) electrons. The summed E-state index contributed by atoms with van der Waals surface area (Å²) < 4.78 is 55.3. The molecule has 5 nitrogen and oxygen atoms in total. The van der Waals surface area contributed by atoms with E-state index < -0.39 is 23.7 Å². The number of hydrogen-bond donors (Lipinski definition) is 2. The van der Waals surface area contributed by atoms with E-state index in [2.05, 4.69) is 10.3 Å². The van der Waals surface area contributed by atoms with Gasteiger partial charge in [-0.05, 0) is 54.6 Å². The van der Waals surface area contributed by atoms with Crippen LogP contribution in [0.1, 0.15) is 16.2 Å². The van der Waals surface area contributed by atoms with Crippen LogP contribution in [0.15, 0.2) is 66.7 Å². The first-order valence-electron chi connectivity index (χ1n) is 8.75. The van der Waals surface area contributed by atoms with Crippen molar-refractivity contribution in [3.05, 3.63) is 83.9 Å². The fourth-order valence-electron chi connectivity index (χ4n) is 3.09. The van der Waals surface area contributed by atoms with Crippen molar-refractivity contribution in [2.75, 3.05) is 11.1 Å². The molecule has 0 unspecified atom stereocenters. The minimum atomic E-state index is -4.69. The van der Waals surface area contributed by atoms with Crippen LogP contribution in [0.25, 0.3) is 16.7 Å². The number of fused-ring (bicyclic) bond motifs is 1. The van der Waals surface area contributed by atoms with Gasteiger partial charge in [-0.1, -0.05) is 12.1 Å². The van der Waals surface area contributed by atoms with Crippen molar-refractivity contribution >= 4 is 28.3 Å². The number of aromatic nitrogens is 2. The summed E-state index contributed by atoms with van der Waals surface area (Å²) in [5.74, 6) is -2.43. The van der Waals surface area contributed by atoms with Crippen LogP contribution in [-0.2, 0) is 6.18 Å². The number of nitrogens with zero attached hydrogens (tertiary/aromatic N) is 2. The van der Waals surface area contributed by atoms with Crippen LogP contribution in [0.5, 0.6) is 0 Å². The first-order valence-corrected chi connectivity index (χ1v) is 8.75. The van der Waals surface area contributed by atoms with E-state index in [9.17, 15) is 22.4 Å². The molecule has 0 saturated carbocycles. The highest BCUT2D eigenvalue weighted by molar-refractivity contribution is 6.04. The zero-order valence-corrected chi connectivity index (χ0v) is 15.2. The Bertz CT molecular complexity index is 1250. The van der Waals surface area contributed by atoms with Gasteiger partial charge in [-0.3, -0.25) is 9.36 Å². The summed E-state index contributed by atoms with van der Waals surface area (Å²) in [5.41, 5.74) is 6.66. The van der Waals surface area contributed by atoms with Crippen LogP contribution < -0.4 is 11.1 Å². The molecule has 9 heteroatoms. The summed E-state index contributed by atoms with van der Waals surface area (Å²) in [5, 5.41) is 2.52. The second-order valence-corrected chi connectivity index (χ2v) is 6.50. The molecule has 1 amide bonds. The minimum absolute atomic E-state index is 0.110. The molecule has 0 saturated heterocycles. The minimum Gasteiger partial charge on any atom is -0.399 e. The van der Waals surface area contributed by atoms with Gasteiger partial charge < -0.3 is 11.1 Å². The van der Waals surface area contributed by atoms with Gasteiger partial charge >= 0.3 is 6.18 Å². The lowest BCUT2D eigenvalue weighted by Gasteiger charge is -2.12. The summed E-state index contributed by atoms with van der Waals surface area (Å²) in [6, 6.07) is 15.5. The Morgan fingerprint density at radius 3 is 2.37 bits per heavy atom. The normalized spacial score (nSPS) is 11.6. The third-order valence-corrected chi connectivity index (χ3v) is 4.43. The molecule has 1 aromatic heterocycles. The predicted octanol–water partition coefficient (Wildman–Crippen LogP) is 5.02. The van der Waals surface area contributed by atoms with Crippen molar-refractivity contribution < 1.29 is 22.4 Å². The number of nitrogens with one attached hydrogen (secondary N) is 1. The third kappa shape index (κ3) is 3.57. The number of imidazole rings is 1. The molecule has 152 valence electrons. The van der Waals surface area contributed by atoms with Gasteiger partial charge in [0.2, 0.25) is 5.82 Å². The first-order chi connectivity index (χ1) is 14.2. The second kappa shape index (κ2) is 7.18. The van der Waals surface area contributed by atoms with Crippen molar-refractivity contribution in [2.45, 2.75) is 6.18 Å². The molecule has 0 fully saturated rings. The van der Waals surface area contributed by atoms with E-state index in [0.29, 0.717) is 11.4 Å². The number of nitrogen functional groups attached to an aromatic ring is 1. The number of halogens is 4. The largest absolute Gasteiger partial charge is 0.450 e. The van der Waals surface area contributed by atoms with Gasteiger partial charge in [0.05, 0.1) is 16.6 Å². The SMILES string of the molecule is Nc1ccc2c(c1)nc(C(F)(F)F)n2-c1ccc(NC(=O)c2ccccc2F)cc1. The summed E-state index contributed by atoms with van der Waals surface area (Å²) in [4.78, 5) is 15.9. The Labute approximate surface area is 167 Å². The van der Waals surface area contributed by atoms with Gasteiger partial charge in [0, 0.05) is 17.1 Å². The van der Waals surface area contributed by atoms with Gasteiger partial charge in [-0.15, -0.1) is 0 Å². The summed E-state index contributed by atoms with van der Waals surface area (Å²) >= 11 is 0. The lowest BCUT2D eigenvalue weighted by molar-refractivity contribution is -0.145. The maximum atomic E-state index is 13.7. The Morgan fingerprint density at radius 2 is 1.70 bits per heavy atom. The number of amides is 1. The lowest BCUT2D eigenvalue weighted by atomic mass is 10.2. The van der Waals surface area contributed by atoms with Crippen molar-refractivity contribution in [1.82, 2.24) is 9.55 Å². The van der Waals surface area contributed by atoms with Gasteiger partial charge in [-0.25, -0.2) is 9.37 Å². The Kier molecular flexibility index (Phi) is 4.65. The highest BCUT2D eigenvalue weighted by atomic mass is 19.4. The Hall–Kier alpha value is -3.88. The summed E-state index contributed by atoms with van der Waals surface area (Å²) in [7, 11) is 0. The fourth-order valence-corrected chi connectivity index (χ4v) is 3.09. The topological polar surface area (TPSA) is 72.9 Å². The molecule has 4 aromatic rings. The molecule has 0 atom stereocenters. The Morgan fingerprint density at radius 1 is 1.00 bits per heavy atom. The Balaban J connectivity index is 1.70. The summed E-state index contributed by atoms with van der Waals surface area (Å²) in [6.45, 7) is 0. The van der Waals surface area contributed by atoms with Crippen molar-refractivity contribution in [3.63, 3.8) is 0 Å². The van der Waals surface area contributed by atoms with Gasteiger partial charge in [0.1, 0.15) is 5.82 Å². The molecule has 1 heterocycles. The van der Waals surface area contributed by atoms with E-state index in [0.717, 1.165) is 10.6 Å². The van der Waals surface area contributed by atoms with E-state index in [1.54, 1.807) is 0 Å². The highest BCUT2D eigenvalue weighted by Crippen LogP contribution is 2.34. The number of hydrogen-bond acceptors (Lipinski definition) is 3. The maximum absolute atomic E-state index is 13.7. The van der Waals surface area contributed by atoms with Crippen LogP contribution in [-0.4, -0.2) is 15.5 Å². The van der Waals surface area contributed by atoms with E-state index in [1.165, 1.54) is 60.7 Å². The van der Waals surface area contributed by atoms with Crippen LogP contribution in [0.3, 0.4) is 0 Å². The number of carbonyl (C=O) groups is 1. The number of alkyl halides is 3. The number of rotatable bonds is 3. The molecule has 4 rings (SSSR count). The molecule has 30 heavy (non-hydrogen) atoms. The molecular weight excluding hydrogens is 400 g/mol. The number of carbonyl (C=O) groups excluding carboxylic acids is 1. The number of nitrogens with two attached hydrogens (primary N) is 1. The van der Waals surface area contributed by atoms with Crippen LogP contribution in [0.4, 0.5) is 28.9 Å². The smallest absolute Gasteiger partial charge is 0.399 e. The van der Waals surface area contributed by atoms with E-state index in [-0.39, 0.29) is 22.3 Å². The van der Waals surface area contributed by atoms with E-state index in [1.807, 2.05) is 0 Å². The predicted molar refractivity (Wildman–Crippen MR) is 105 cm³/mol. The molecule has 0 aliphatic rings. The van der Waals surface area contributed by atoms with Gasteiger partial charge in [0.15, 0.2) is 0 Å². The maximum Gasteiger partial charge on any atom is 0.450 e. The monoisotopic (exact) mass is 414 g/mol. The molecule has 0 spiro atoms. The number of benzene rings is 3. The standard InChI is InChI=1S/C21H14F4N4O/c22-16-4-2-1-3-15(16)19(30)27-13-6-8-14(9-7-13)29-18-10-5-12(26)11-17(18)28-20(29)21(23,24)25/h1-11H,26H2,(H,27,30). The van der Waals surface area contributed by atoms with Crippen LogP contribution >= 0.6 is 0 Å². The zero-order valence-electron chi connectivity index (χ0n) is 15.2. The average Bonchev–Trinajstić information content (AvgIpc) is 3.08. The average molecular weight is 414 g/mol. The number of anilines is 2. The van der Waals surface area contributed by atoms with Crippen molar-refractivity contribution in [2.24, 2.45) is 0 Å². The van der Waals surface area contributed by atoms with Crippen molar-refractivity contribution in [1.29, 1.82) is 0 Å². The quantitative estimate of drug-likeness (QED) is 0.365. The van der Waals surface area contributed by atoms with Crippen LogP contribution in [0, 0.1) is 5.82 Å². The highest BCUT2D eigenvalue weighted by Gasteiger charge is 2.38. The van der Waals surface area contributed by atoms with E-state index >= 15 is 0 Å². The van der Waals surface area contributed by atoms with Gasteiger partial charge in [-0.2, -0.15) is 13.2 Å². The second-order valence-electron chi connectivity index (χ2n) is 6.50. The molecule has 0 aliphatic carbocycles. The molecule has 3 N–H and O–H groups in total. The molecule has 0 aliphatic heterocycles.